The van der Waals surface area contributed by atoms with Crippen molar-refractivity contribution in [3.63, 3.8) is 0 Å². The van der Waals surface area contributed by atoms with Crippen molar-refractivity contribution in [3.8, 4) is 6.07 Å². The topological polar surface area (TPSA) is 84.2 Å². The molecule has 0 amide bonds. The first-order valence-corrected chi connectivity index (χ1v) is 7.14. The number of esters is 1. The molecule has 0 atom stereocenters. The zero-order valence-electron chi connectivity index (χ0n) is 9.92. The lowest BCUT2D eigenvalue weighted by Crippen LogP contribution is -2.09. The molecule has 0 aliphatic rings. The fourth-order valence-corrected chi connectivity index (χ4v) is 2.39. The minimum Gasteiger partial charge on any atom is -0.462 e. The number of sulfone groups is 1. The fourth-order valence-electron chi connectivity index (χ4n) is 1.41. The Balaban J connectivity index is 2.90. The van der Waals surface area contributed by atoms with E-state index in [2.05, 4.69) is 0 Å². The summed E-state index contributed by atoms with van der Waals surface area (Å²) in [4.78, 5) is 11.5. The van der Waals surface area contributed by atoms with Crippen LogP contribution in [0.1, 0.15) is 22.8 Å². The fraction of sp³-hybridized carbons (Fsp3) is 0.333. The van der Waals surface area contributed by atoms with Gasteiger partial charge in [-0.25, -0.2) is 13.2 Å². The maximum absolute atomic E-state index is 11.5. The van der Waals surface area contributed by atoms with Gasteiger partial charge in [0.1, 0.15) is 5.75 Å². The van der Waals surface area contributed by atoms with Crippen molar-refractivity contribution in [2.75, 3.05) is 12.4 Å². The quantitative estimate of drug-likeness (QED) is 0.751. The van der Waals surface area contributed by atoms with Crippen LogP contribution < -0.4 is 0 Å². The van der Waals surface area contributed by atoms with Crippen LogP contribution in [-0.4, -0.2) is 26.7 Å². The highest BCUT2D eigenvalue weighted by molar-refractivity contribution is 7.90. The summed E-state index contributed by atoms with van der Waals surface area (Å²) in [5.74, 6) is -1.28. The number of carbonyl (C=O) groups excluding carboxylic acids is 1. The van der Waals surface area contributed by atoms with Crippen LogP contribution >= 0.6 is 0 Å². The number of hydrogen-bond donors (Lipinski definition) is 0. The molecule has 0 aromatic heterocycles. The second-order valence-electron chi connectivity index (χ2n) is 3.61. The number of nitriles is 1. The van der Waals surface area contributed by atoms with E-state index in [1.54, 1.807) is 31.2 Å². The molecule has 0 aliphatic carbocycles. The van der Waals surface area contributed by atoms with Gasteiger partial charge in [-0.15, -0.1) is 0 Å². The van der Waals surface area contributed by atoms with Gasteiger partial charge in [0.05, 0.1) is 24.0 Å². The highest BCUT2D eigenvalue weighted by Crippen LogP contribution is 2.10. The average Bonchev–Trinajstić information content (AvgIpc) is 2.28. The third-order valence-electron chi connectivity index (χ3n) is 2.11. The van der Waals surface area contributed by atoms with E-state index in [-0.39, 0.29) is 12.4 Å². The maximum Gasteiger partial charge on any atom is 0.338 e. The van der Waals surface area contributed by atoms with Crippen molar-refractivity contribution in [2.24, 2.45) is 0 Å². The lowest BCUT2D eigenvalue weighted by Gasteiger charge is -2.04. The van der Waals surface area contributed by atoms with E-state index >= 15 is 0 Å². The number of hydrogen-bond acceptors (Lipinski definition) is 5. The van der Waals surface area contributed by atoms with Crippen LogP contribution in [0.4, 0.5) is 0 Å². The largest absolute Gasteiger partial charge is 0.462 e. The molecule has 0 N–H and O–H groups in total. The molecule has 1 aromatic rings. The van der Waals surface area contributed by atoms with Crippen molar-refractivity contribution in [1.29, 1.82) is 5.26 Å². The molecule has 0 aliphatic heterocycles. The van der Waals surface area contributed by atoms with Gasteiger partial charge in [0.2, 0.25) is 0 Å². The van der Waals surface area contributed by atoms with Gasteiger partial charge in [-0.1, -0.05) is 12.1 Å². The Hall–Kier alpha value is -1.87. The first-order chi connectivity index (χ1) is 8.48. The Labute approximate surface area is 106 Å². The second kappa shape index (κ2) is 6.17. The van der Waals surface area contributed by atoms with Crippen molar-refractivity contribution >= 4 is 15.8 Å². The van der Waals surface area contributed by atoms with Crippen molar-refractivity contribution in [3.05, 3.63) is 35.4 Å². The van der Waals surface area contributed by atoms with E-state index in [9.17, 15) is 13.2 Å². The molecule has 0 bridgehead atoms. The zero-order chi connectivity index (χ0) is 13.6. The van der Waals surface area contributed by atoms with Gasteiger partial charge in [-0.05, 0) is 24.6 Å². The van der Waals surface area contributed by atoms with Gasteiger partial charge in [0.15, 0.2) is 9.84 Å². The van der Waals surface area contributed by atoms with Crippen molar-refractivity contribution < 1.29 is 17.9 Å². The molecule has 96 valence electrons. The van der Waals surface area contributed by atoms with Crippen LogP contribution in [0, 0.1) is 11.3 Å². The molecule has 0 fully saturated rings. The molecule has 0 heterocycles. The molecular weight excluding hydrogens is 254 g/mol. The van der Waals surface area contributed by atoms with Crippen LogP contribution in [0.2, 0.25) is 0 Å². The van der Waals surface area contributed by atoms with E-state index in [1.807, 2.05) is 0 Å². The van der Waals surface area contributed by atoms with Gasteiger partial charge in [-0.3, -0.25) is 0 Å². The molecule has 0 saturated heterocycles. The first-order valence-electron chi connectivity index (χ1n) is 5.32. The van der Waals surface area contributed by atoms with Gasteiger partial charge >= 0.3 is 5.97 Å². The number of nitrogens with zero attached hydrogens (tertiary/aromatic N) is 1. The van der Waals surface area contributed by atoms with E-state index < -0.39 is 21.6 Å². The van der Waals surface area contributed by atoms with Crippen molar-refractivity contribution in [2.45, 2.75) is 12.7 Å². The van der Waals surface area contributed by atoms with E-state index in [1.165, 1.54) is 6.07 Å². The molecule has 5 nitrogen and oxygen atoms in total. The van der Waals surface area contributed by atoms with Crippen LogP contribution in [0.5, 0.6) is 0 Å². The van der Waals surface area contributed by atoms with E-state index in [4.69, 9.17) is 10.00 Å². The van der Waals surface area contributed by atoms with Crippen LogP contribution in [0.25, 0.3) is 0 Å². The monoisotopic (exact) mass is 267 g/mol. The Morgan fingerprint density at radius 2 is 2.17 bits per heavy atom. The SMILES string of the molecule is CCOC(=O)c1cccc(CS(=O)(=O)CC#N)c1. The third kappa shape index (κ3) is 4.18. The van der Waals surface area contributed by atoms with Crippen LogP contribution in [-0.2, 0) is 20.3 Å². The van der Waals surface area contributed by atoms with Gasteiger partial charge in [-0.2, -0.15) is 5.26 Å². The lowest BCUT2D eigenvalue weighted by atomic mass is 10.1. The highest BCUT2D eigenvalue weighted by atomic mass is 32.2. The van der Waals surface area contributed by atoms with Crippen LogP contribution in [0.15, 0.2) is 24.3 Å². The summed E-state index contributed by atoms with van der Waals surface area (Å²) >= 11 is 0. The number of carbonyl (C=O) groups is 1. The van der Waals surface area contributed by atoms with E-state index in [0.29, 0.717) is 11.1 Å². The van der Waals surface area contributed by atoms with Gasteiger partial charge < -0.3 is 4.74 Å². The van der Waals surface area contributed by atoms with E-state index in [0.717, 1.165) is 0 Å². The lowest BCUT2D eigenvalue weighted by molar-refractivity contribution is 0.0526. The summed E-state index contributed by atoms with van der Waals surface area (Å²) in [6.07, 6.45) is 0. The summed E-state index contributed by atoms with van der Waals surface area (Å²) in [5, 5.41) is 8.39. The summed E-state index contributed by atoms with van der Waals surface area (Å²) in [5.41, 5.74) is 0.775. The molecule has 0 saturated carbocycles. The summed E-state index contributed by atoms with van der Waals surface area (Å²) in [6.45, 7) is 1.95. The standard InChI is InChI=1S/C12H13NO4S/c1-2-17-12(14)11-5-3-4-10(8-11)9-18(15,16)7-6-13/h3-5,8H,2,7,9H2,1H3. The Bertz CT molecular complexity index is 572. The minimum absolute atomic E-state index is 0.256. The zero-order valence-corrected chi connectivity index (χ0v) is 10.7. The normalized spacial score (nSPS) is 10.7. The highest BCUT2D eigenvalue weighted by Gasteiger charge is 2.13. The number of ether oxygens (including phenoxy) is 1. The Morgan fingerprint density at radius 3 is 2.78 bits per heavy atom. The first kappa shape index (κ1) is 14.2. The molecular formula is C12H13NO4S. The summed E-state index contributed by atoms with van der Waals surface area (Å²) < 4.78 is 27.8. The predicted molar refractivity (Wildman–Crippen MR) is 65.5 cm³/mol. The smallest absolute Gasteiger partial charge is 0.338 e. The molecule has 6 heteroatoms. The van der Waals surface area contributed by atoms with Crippen molar-refractivity contribution in [1.82, 2.24) is 0 Å². The predicted octanol–water partition coefficient (Wildman–Crippen LogP) is 1.30. The molecule has 0 unspecified atom stereocenters. The molecule has 1 aromatic carbocycles. The molecule has 0 spiro atoms. The third-order valence-corrected chi connectivity index (χ3v) is 3.45. The summed E-state index contributed by atoms with van der Waals surface area (Å²) in [6, 6.07) is 7.81. The molecule has 0 radical (unpaired) electrons. The Kier molecular flexibility index (Phi) is 4.86. The average molecular weight is 267 g/mol. The Morgan fingerprint density at radius 1 is 1.44 bits per heavy atom. The number of rotatable bonds is 5. The molecule has 1 rings (SSSR count). The van der Waals surface area contributed by atoms with Gasteiger partial charge in [0, 0.05) is 0 Å². The maximum atomic E-state index is 11.5. The minimum atomic E-state index is -3.45. The summed E-state index contributed by atoms with van der Waals surface area (Å²) in [7, 11) is -3.45. The van der Waals surface area contributed by atoms with Crippen LogP contribution in [0.3, 0.4) is 0 Å². The number of benzene rings is 1. The van der Waals surface area contributed by atoms with Gasteiger partial charge in [0.25, 0.3) is 0 Å². The molecule has 18 heavy (non-hydrogen) atoms. The second-order valence-corrected chi connectivity index (χ2v) is 5.68.